The van der Waals surface area contributed by atoms with E-state index in [0.717, 1.165) is 11.3 Å². The first-order valence-electron chi connectivity index (χ1n) is 8.13. The topological polar surface area (TPSA) is 56.0 Å². The van der Waals surface area contributed by atoms with Crippen molar-refractivity contribution in [2.75, 3.05) is 0 Å². The molecule has 0 fully saturated rings. The number of benzene rings is 1. The zero-order valence-corrected chi connectivity index (χ0v) is 17.1. The molecule has 0 unspecified atom stereocenters. The molecule has 0 N–H and O–H groups in total. The van der Waals surface area contributed by atoms with E-state index in [1.165, 1.54) is 0 Å². The first-order chi connectivity index (χ1) is 11.9. The van der Waals surface area contributed by atoms with Crippen LogP contribution in [0.3, 0.4) is 0 Å². The van der Waals surface area contributed by atoms with Crippen LogP contribution in [0.4, 0.5) is 0 Å². The van der Waals surface area contributed by atoms with E-state index >= 15 is 0 Å². The van der Waals surface area contributed by atoms with Gasteiger partial charge in [0.1, 0.15) is 0 Å². The predicted octanol–water partition coefficient (Wildman–Crippen LogP) is 4.50. The summed E-state index contributed by atoms with van der Waals surface area (Å²) in [5.41, 5.74) is 3.43. The molecule has 0 spiro atoms. The minimum atomic E-state index is -0.0894. The van der Waals surface area contributed by atoms with Crippen molar-refractivity contribution in [3.05, 3.63) is 70.8 Å². The fourth-order valence-corrected chi connectivity index (χ4v) is 2.93. The Morgan fingerprint density at radius 2 is 1.88 bits per heavy atom. The van der Waals surface area contributed by atoms with Crippen LogP contribution >= 0.6 is 0 Å². The number of pyridine rings is 2. The minimum absolute atomic E-state index is 0. The van der Waals surface area contributed by atoms with Gasteiger partial charge in [-0.25, -0.2) is 0 Å². The third-order valence-corrected chi connectivity index (χ3v) is 4.32. The smallest absolute Gasteiger partial charge is 0.159 e. The van der Waals surface area contributed by atoms with Crippen LogP contribution in [0.1, 0.15) is 26.3 Å². The van der Waals surface area contributed by atoms with Crippen LogP contribution in [0, 0.1) is 6.07 Å². The van der Waals surface area contributed by atoms with Crippen molar-refractivity contribution in [1.82, 2.24) is 9.97 Å². The van der Waals surface area contributed by atoms with Crippen LogP contribution in [0.15, 0.2) is 58.1 Å². The molecule has 4 rings (SSSR count). The normalized spacial score (nSPS) is 11.5. The number of aromatic nitrogens is 2. The summed E-state index contributed by atoms with van der Waals surface area (Å²) in [6.45, 7) is 6.44. The maximum Gasteiger partial charge on any atom is 0.159 e. The summed E-state index contributed by atoms with van der Waals surface area (Å²) >= 11 is 0. The van der Waals surface area contributed by atoms with Gasteiger partial charge in [-0.1, -0.05) is 32.9 Å². The molecule has 5 heteroatoms. The van der Waals surface area contributed by atoms with Gasteiger partial charge in [0.2, 0.25) is 0 Å². The molecule has 3 heterocycles. The van der Waals surface area contributed by atoms with Crippen molar-refractivity contribution in [3.63, 3.8) is 0 Å². The first kappa shape index (κ1) is 18.4. The fraction of sp³-hybridized carbons (Fsp3) is 0.190. The van der Waals surface area contributed by atoms with E-state index < -0.39 is 0 Å². The molecule has 0 saturated heterocycles. The standard InChI is InChI=1S/C21H17N2O2.Ir/c1-21(2,3)13-7-10-23-16(11-13)14-5-4-6-17-19(14)20(24)15-8-9-22-12-18(15)25-17;/h4,6-12H,1-3H3;/q-1;. The Kier molecular flexibility index (Phi) is 4.78. The summed E-state index contributed by atoms with van der Waals surface area (Å²) in [6, 6.07) is 12.4. The summed E-state index contributed by atoms with van der Waals surface area (Å²) in [4.78, 5) is 21.5. The van der Waals surface area contributed by atoms with E-state index in [-0.39, 0.29) is 30.9 Å². The number of hydrogen-bond donors (Lipinski definition) is 0. The fourth-order valence-electron chi connectivity index (χ4n) is 2.93. The number of fused-ring (bicyclic) bond motifs is 2. The Morgan fingerprint density at radius 3 is 2.65 bits per heavy atom. The molecule has 0 amide bonds. The molecule has 4 nitrogen and oxygen atoms in total. The van der Waals surface area contributed by atoms with Gasteiger partial charge < -0.3 is 9.40 Å². The van der Waals surface area contributed by atoms with Gasteiger partial charge in [-0.3, -0.25) is 9.78 Å². The Bertz CT molecular complexity index is 1160. The van der Waals surface area contributed by atoms with Gasteiger partial charge in [0, 0.05) is 32.5 Å². The number of rotatable bonds is 1. The molecule has 1 aromatic carbocycles. The second-order valence-electron chi connectivity index (χ2n) is 7.07. The summed E-state index contributed by atoms with van der Waals surface area (Å²) in [7, 11) is 0. The van der Waals surface area contributed by atoms with Gasteiger partial charge in [-0.05, 0) is 34.2 Å². The van der Waals surface area contributed by atoms with E-state index in [9.17, 15) is 4.79 Å². The summed E-state index contributed by atoms with van der Waals surface area (Å²) < 4.78 is 5.88. The molecular formula is C21H17IrN2O2-. The summed E-state index contributed by atoms with van der Waals surface area (Å²) in [6.07, 6.45) is 4.93. The zero-order chi connectivity index (χ0) is 17.6. The van der Waals surface area contributed by atoms with E-state index in [1.54, 1.807) is 36.8 Å². The van der Waals surface area contributed by atoms with E-state index in [4.69, 9.17) is 4.42 Å². The van der Waals surface area contributed by atoms with E-state index in [0.29, 0.717) is 27.5 Å². The largest absolute Gasteiger partial charge is 0.474 e. The van der Waals surface area contributed by atoms with Crippen LogP contribution in [0.2, 0.25) is 0 Å². The molecule has 26 heavy (non-hydrogen) atoms. The van der Waals surface area contributed by atoms with Gasteiger partial charge in [0.05, 0.1) is 17.2 Å². The molecule has 4 aromatic rings. The van der Waals surface area contributed by atoms with Crippen LogP contribution in [0.5, 0.6) is 0 Å². The van der Waals surface area contributed by atoms with Crippen LogP contribution in [0.25, 0.3) is 33.2 Å². The van der Waals surface area contributed by atoms with Crippen molar-refractivity contribution in [2.24, 2.45) is 0 Å². The van der Waals surface area contributed by atoms with Crippen molar-refractivity contribution >= 4 is 21.9 Å². The Hall–Kier alpha value is -2.36. The minimum Gasteiger partial charge on any atom is -0.474 e. The van der Waals surface area contributed by atoms with Gasteiger partial charge in [0.25, 0.3) is 0 Å². The van der Waals surface area contributed by atoms with Gasteiger partial charge in [-0.15, -0.1) is 17.7 Å². The van der Waals surface area contributed by atoms with Crippen molar-refractivity contribution in [2.45, 2.75) is 26.2 Å². The third kappa shape index (κ3) is 3.09. The van der Waals surface area contributed by atoms with Crippen LogP contribution in [-0.2, 0) is 25.5 Å². The monoisotopic (exact) mass is 522 g/mol. The van der Waals surface area contributed by atoms with Gasteiger partial charge in [-0.2, -0.15) is 0 Å². The molecule has 0 atom stereocenters. The molecule has 0 aliphatic carbocycles. The van der Waals surface area contributed by atoms with Crippen LogP contribution in [-0.4, -0.2) is 9.97 Å². The molecule has 0 aliphatic rings. The Morgan fingerprint density at radius 1 is 1.08 bits per heavy atom. The molecule has 3 aromatic heterocycles. The van der Waals surface area contributed by atoms with Gasteiger partial charge >= 0.3 is 0 Å². The summed E-state index contributed by atoms with van der Waals surface area (Å²) in [5, 5.41) is 1.01. The average Bonchev–Trinajstić information content (AvgIpc) is 2.61. The van der Waals surface area contributed by atoms with E-state index in [2.05, 4.69) is 36.8 Å². The molecular weight excluding hydrogens is 504 g/mol. The van der Waals surface area contributed by atoms with Crippen molar-refractivity contribution < 1.29 is 24.5 Å². The van der Waals surface area contributed by atoms with E-state index in [1.807, 2.05) is 12.1 Å². The predicted molar refractivity (Wildman–Crippen MR) is 98.6 cm³/mol. The molecule has 1 radical (unpaired) electrons. The SMILES string of the molecule is CC(C)(C)c1ccnc(-c2[c-]ccc3oc4cnccc4c(=O)c23)c1.[Ir]. The number of nitrogens with zero attached hydrogens (tertiary/aromatic N) is 2. The first-order valence-corrected chi connectivity index (χ1v) is 8.13. The maximum absolute atomic E-state index is 13.0. The van der Waals surface area contributed by atoms with Crippen molar-refractivity contribution in [1.29, 1.82) is 0 Å². The second kappa shape index (κ2) is 6.75. The second-order valence-corrected chi connectivity index (χ2v) is 7.07. The van der Waals surface area contributed by atoms with Gasteiger partial charge in [0.15, 0.2) is 11.0 Å². The zero-order valence-electron chi connectivity index (χ0n) is 14.7. The molecule has 0 bridgehead atoms. The number of hydrogen-bond acceptors (Lipinski definition) is 4. The summed E-state index contributed by atoms with van der Waals surface area (Å²) in [5.74, 6) is 0. The molecule has 0 aliphatic heterocycles. The van der Waals surface area contributed by atoms with Crippen LogP contribution < -0.4 is 5.43 Å². The average molecular weight is 522 g/mol. The maximum atomic E-state index is 13.0. The third-order valence-electron chi connectivity index (χ3n) is 4.32. The molecule has 0 saturated carbocycles. The Balaban J connectivity index is 0.00000196. The molecule has 133 valence electrons. The quantitative estimate of drug-likeness (QED) is 0.274. The van der Waals surface area contributed by atoms with Crippen molar-refractivity contribution in [3.8, 4) is 11.3 Å². The Labute approximate surface area is 164 Å².